The van der Waals surface area contributed by atoms with Crippen LogP contribution in [0.3, 0.4) is 0 Å². The van der Waals surface area contributed by atoms with Gasteiger partial charge in [0.2, 0.25) is 5.95 Å². The predicted octanol–water partition coefficient (Wildman–Crippen LogP) is 3.06. The quantitative estimate of drug-likeness (QED) is 0.791. The van der Waals surface area contributed by atoms with Crippen molar-refractivity contribution in [3.63, 3.8) is 0 Å². The van der Waals surface area contributed by atoms with E-state index >= 15 is 0 Å². The van der Waals surface area contributed by atoms with Gasteiger partial charge in [-0.3, -0.25) is 0 Å². The lowest BCUT2D eigenvalue weighted by molar-refractivity contribution is 0.952. The standard InChI is InChI=1S/C11H9ClN4S/c12-8-3-4-10-14-11(15-16(10)7-8)13-6-9-2-1-5-17-9/h1-5,7H,6H2,(H,13,15). The smallest absolute Gasteiger partial charge is 0.243 e. The molecule has 17 heavy (non-hydrogen) atoms. The number of thiophene rings is 1. The number of aromatic nitrogens is 3. The molecule has 0 unspecified atom stereocenters. The van der Waals surface area contributed by atoms with Crippen LogP contribution in [0, 0.1) is 0 Å². The van der Waals surface area contributed by atoms with Crippen molar-refractivity contribution in [1.82, 2.24) is 14.6 Å². The van der Waals surface area contributed by atoms with Gasteiger partial charge in [0.15, 0.2) is 5.65 Å². The number of fused-ring (bicyclic) bond motifs is 1. The van der Waals surface area contributed by atoms with Crippen molar-refractivity contribution in [3.05, 3.63) is 45.7 Å². The van der Waals surface area contributed by atoms with E-state index in [9.17, 15) is 0 Å². The maximum absolute atomic E-state index is 5.88. The average Bonchev–Trinajstić information content (AvgIpc) is 2.94. The molecule has 0 saturated heterocycles. The molecule has 0 aromatic carbocycles. The number of nitrogens with one attached hydrogen (secondary N) is 1. The normalized spacial score (nSPS) is 10.9. The predicted molar refractivity (Wildman–Crippen MR) is 69.6 cm³/mol. The molecular formula is C11H9ClN4S. The molecule has 3 heterocycles. The van der Waals surface area contributed by atoms with Crippen LogP contribution in [0.5, 0.6) is 0 Å². The lowest BCUT2D eigenvalue weighted by Gasteiger charge is -1.96. The van der Waals surface area contributed by atoms with E-state index in [1.54, 1.807) is 28.1 Å². The van der Waals surface area contributed by atoms with E-state index < -0.39 is 0 Å². The fourth-order valence-electron chi connectivity index (χ4n) is 1.51. The van der Waals surface area contributed by atoms with Crippen molar-refractivity contribution >= 4 is 34.5 Å². The largest absolute Gasteiger partial charge is 0.348 e. The van der Waals surface area contributed by atoms with Gasteiger partial charge in [-0.05, 0) is 23.6 Å². The van der Waals surface area contributed by atoms with Crippen molar-refractivity contribution in [3.8, 4) is 0 Å². The monoisotopic (exact) mass is 264 g/mol. The SMILES string of the molecule is Clc1ccc2nc(NCc3cccs3)nn2c1. The molecule has 0 aliphatic rings. The number of rotatable bonds is 3. The number of anilines is 1. The van der Waals surface area contributed by atoms with E-state index in [0.29, 0.717) is 11.0 Å². The van der Waals surface area contributed by atoms with Gasteiger partial charge in [0.05, 0.1) is 11.6 Å². The Morgan fingerprint density at radius 3 is 3.12 bits per heavy atom. The first kappa shape index (κ1) is 10.6. The maximum Gasteiger partial charge on any atom is 0.243 e. The van der Waals surface area contributed by atoms with Crippen LogP contribution in [0.1, 0.15) is 4.88 Å². The Kier molecular flexibility index (Phi) is 2.70. The number of hydrogen-bond donors (Lipinski definition) is 1. The third-order valence-electron chi connectivity index (χ3n) is 2.30. The summed E-state index contributed by atoms with van der Waals surface area (Å²) in [6, 6.07) is 7.74. The number of hydrogen-bond acceptors (Lipinski definition) is 4. The van der Waals surface area contributed by atoms with Crippen molar-refractivity contribution in [2.24, 2.45) is 0 Å². The van der Waals surface area contributed by atoms with Crippen LogP contribution in [-0.4, -0.2) is 14.6 Å². The van der Waals surface area contributed by atoms with E-state index in [2.05, 4.69) is 21.5 Å². The summed E-state index contributed by atoms with van der Waals surface area (Å²) in [5.74, 6) is 0.612. The second-order valence-corrected chi connectivity index (χ2v) is 4.99. The van der Waals surface area contributed by atoms with Gasteiger partial charge in [-0.2, -0.15) is 4.98 Å². The van der Waals surface area contributed by atoms with Crippen LogP contribution in [-0.2, 0) is 6.54 Å². The highest BCUT2D eigenvalue weighted by atomic mass is 35.5. The molecule has 3 rings (SSSR count). The molecule has 0 saturated carbocycles. The van der Waals surface area contributed by atoms with Crippen LogP contribution in [0.2, 0.25) is 5.02 Å². The molecule has 0 spiro atoms. The lowest BCUT2D eigenvalue weighted by atomic mass is 10.5. The maximum atomic E-state index is 5.88. The number of nitrogens with zero attached hydrogens (tertiary/aromatic N) is 3. The third-order valence-corrected chi connectivity index (χ3v) is 3.40. The van der Waals surface area contributed by atoms with Gasteiger partial charge < -0.3 is 5.32 Å². The molecule has 0 amide bonds. The summed E-state index contributed by atoms with van der Waals surface area (Å²) >= 11 is 7.58. The second kappa shape index (κ2) is 4.35. The highest BCUT2D eigenvalue weighted by molar-refractivity contribution is 7.09. The molecule has 0 atom stereocenters. The van der Waals surface area contributed by atoms with E-state index in [1.807, 2.05) is 17.5 Å². The summed E-state index contributed by atoms with van der Waals surface area (Å²) in [7, 11) is 0. The Hall–Kier alpha value is -1.59. The fraction of sp³-hybridized carbons (Fsp3) is 0.0909. The van der Waals surface area contributed by atoms with E-state index in [4.69, 9.17) is 11.6 Å². The first-order chi connectivity index (χ1) is 8.31. The Bertz CT molecular complexity index is 632. The fourth-order valence-corrected chi connectivity index (χ4v) is 2.31. The molecule has 0 aliphatic heterocycles. The van der Waals surface area contributed by atoms with Gasteiger partial charge in [-0.15, -0.1) is 16.4 Å². The molecule has 3 aromatic rings. The van der Waals surface area contributed by atoms with E-state index in [1.165, 1.54) is 4.88 Å². The number of pyridine rings is 1. The Morgan fingerprint density at radius 2 is 2.29 bits per heavy atom. The van der Waals surface area contributed by atoms with Crippen molar-refractivity contribution in [2.45, 2.75) is 6.54 Å². The summed E-state index contributed by atoms with van der Waals surface area (Å²) in [4.78, 5) is 5.59. The third kappa shape index (κ3) is 2.25. The molecular weight excluding hydrogens is 256 g/mol. The molecule has 0 radical (unpaired) electrons. The molecule has 3 aromatic heterocycles. The minimum absolute atomic E-state index is 0.612. The summed E-state index contributed by atoms with van der Waals surface area (Å²) in [6.45, 7) is 0.738. The van der Waals surface area contributed by atoms with E-state index in [-0.39, 0.29) is 0 Å². The minimum Gasteiger partial charge on any atom is -0.348 e. The van der Waals surface area contributed by atoms with Crippen molar-refractivity contribution in [2.75, 3.05) is 5.32 Å². The summed E-state index contributed by atoms with van der Waals surface area (Å²) in [6.07, 6.45) is 1.74. The van der Waals surface area contributed by atoms with Gasteiger partial charge >= 0.3 is 0 Å². The van der Waals surface area contributed by atoms with Gasteiger partial charge in [0.25, 0.3) is 0 Å². The zero-order chi connectivity index (χ0) is 11.7. The average molecular weight is 265 g/mol. The lowest BCUT2D eigenvalue weighted by Crippen LogP contribution is -1.99. The first-order valence-corrected chi connectivity index (χ1v) is 6.35. The molecule has 86 valence electrons. The summed E-state index contributed by atoms with van der Waals surface area (Å²) in [5, 5.41) is 10.2. The van der Waals surface area contributed by atoms with Crippen LogP contribution in [0.4, 0.5) is 5.95 Å². The van der Waals surface area contributed by atoms with Crippen LogP contribution in [0.25, 0.3) is 5.65 Å². The molecule has 6 heteroatoms. The second-order valence-electron chi connectivity index (χ2n) is 3.52. The Balaban J connectivity index is 1.81. The van der Waals surface area contributed by atoms with Gasteiger partial charge in [0, 0.05) is 11.1 Å². The van der Waals surface area contributed by atoms with Gasteiger partial charge in [-0.25, -0.2) is 4.52 Å². The van der Waals surface area contributed by atoms with Crippen LogP contribution >= 0.6 is 22.9 Å². The molecule has 0 aliphatic carbocycles. The molecule has 4 nitrogen and oxygen atoms in total. The summed E-state index contributed by atoms with van der Waals surface area (Å²) < 4.78 is 1.67. The highest BCUT2D eigenvalue weighted by Crippen LogP contribution is 2.13. The molecule has 0 fully saturated rings. The van der Waals surface area contributed by atoms with Crippen molar-refractivity contribution < 1.29 is 0 Å². The Labute approximate surface area is 107 Å². The van der Waals surface area contributed by atoms with Crippen LogP contribution < -0.4 is 5.32 Å². The zero-order valence-corrected chi connectivity index (χ0v) is 10.4. The molecule has 0 bridgehead atoms. The topological polar surface area (TPSA) is 42.2 Å². The first-order valence-electron chi connectivity index (χ1n) is 5.09. The van der Waals surface area contributed by atoms with Gasteiger partial charge in [-0.1, -0.05) is 17.7 Å². The van der Waals surface area contributed by atoms with Crippen LogP contribution in [0.15, 0.2) is 35.8 Å². The summed E-state index contributed by atoms with van der Waals surface area (Å²) in [5.41, 5.74) is 0.781. The van der Waals surface area contributed by atoms with Gasteiger partial charge in [0.1, 0.15) is 0 Å². The number of halogens is 1. The molecule has 1 N–H and O–H groups in total. The van der Waals surface area contributed by atoms with Crippen molar-refractivity contribution in [1.29, 1.82) is 0 Å². The minimum atomic E-state index is 0.612. The van der Waals surface area contributed by atoms with E-state index in [0.717, 1.165) is 12.2 Å². The zero-order valence-electron chi connectivity index (χ0n) is 8.80. The Morgan fingerprint density at radius 1 is 1.35 bits per heavy atom. The highest BCUT2D eigenvalue weighted by Gasteiger charge is 2.03.